The Hall–Kier alpha value is -3.18. The molecule has 1 aliphatic rings. The molecule has 1 aromatic heterocycles. The highest BCUT2D eigenvalue weighted by molar-refractivity contribution is 7.18. The molecule has 2 heterocycles. The first-order valence-corrected chi connectivity index (χ1v) is 11.1. The summed E-state index contributed by atoms with van der Waals surface area (Å²) in [7, 11) is 0. The van der Waals surface area contributed by atoms with Crippen LogP contribution in [0.2, 0.25) is 5.02 Å². The van der Waals surface area contributed by atoms with E-state index in [2.05, 4.69) is 20.8 Å². The van der Waals surface area contributed by atoms with Crippen LogP contribution in [0.5, 0.6) is 0 Å². The monoisotopic (exact) mass is 495 g/mol. The van der Waals surface area contributed by atoms with Crippen LogP contribution >= 0.6 is 22.9 Å². The quantitative estimate of drug-likeness (QED) is 0.499. The van der Waals surface area contributed by atoms with E-state index in [0.29, 0.717) is 22.9 Å². The minimum absolute atomic E-state index is 0.240. The van der Waals surface area contributed by atoms with E-state index in [4.69, 9.17) is 11.6 Å². The average Bonchev–Trinajstić information content (AvgIpc) is 3.44. The van der Waals surface area contributed by atoms with Crippen LogP contribution in [0, 0.1) is 0 Å². The number of para-hydroxylation sites is 1. The molecule has 172 valence electrons. The number of hydrogen-bond donors (Lipinski definition) is 2. The van der Waals surface area contributed by atoms with Gasteiger partial charge in [-0.2, -0.15) is 13.2 Å². The van der Waals surface area contributed by atoms with Gasteiger partial charge in [0.25, 0.3) is 0 Å². The van der Waals surface area contributed by atoms with Gasteiger partial charge in [-0.1, -0.05) is 47.2 Å². The summed E-state index contributed by atoms with van der Waals surface area (Å²) in [4.78, 5) is 26.7. The van der Waals surface area contributed by atoms with Crippen molar-refractivity contribution in [1.82, 2.24) is 15.1 Å². The number of benzene rings is 2. The number of amides is 3. The number of likely N-dealkylation sites (tertiary alicyclic amines) is 1. The van der Waals surface area contributed by atoms with Crippen molar-refractivity contribution in [2.24, 2.45) is 0 Å². The number of nitrogens with one attached hydrogen (secondary N) is 2. The van der Waals surface area contributed by atoms with Crippen molar-refractivity contribution in [2.45, 2.75) is 25.1 Å². The van der Waals surface area contributed by atoms with E-state index in [-0.39, 0.29) is 17.4 Å². The van der Waals surface area contributed by atoms with Gasteiger partial charge in [0.2, 0.25) is 11.0 Å². The highest BCUT2D eigenvalue weighted by Gasteiger charge is 2.37. The van der Waals surface area contributed by atoms with E-state index in [1.807, 2.05) is 0 Å². The van der Waals surface area contributed by atoms with Crippen molar-refractivity contribution in [2.75, 3.05) is 17.2 Å². The van der Waals surface area contributed by atoms with Gasteiger partial charge < -0.3 is 10.2 Å². The summed E-state index contributed by atoms with van der Waals surface area (Å²) in [6, 6.07) is 10.0. The van der Waals surface area contributed by atoms with Crippen LogP contribution in [-0.2, 0) is 11.0 Å². The summed E-state index contributed by atoms with van der Waals surface area (Å²) < 4.78 is 39.7. The zero-order valence-electron chi connectivity index (χ0n) is 16.9. The molecule has 1 fully saturated rings. The van der Waals surface area contributed by atoms with E-state index in [1.54, 1.807) is 24.3 Å². The summed E-state index contributed by atoms with van der Waals surface area (Å²) in [5.41, 5.74) is -0.539. The van der Waals surface area contributed by atoms with Crippen LogP contribution in [0.3, 0.4) is 0 Å². The number of rotatable bonds is 4. The number of hydrogen-bond acceptors (Lipinski definition) is 5. The van der Waals surface area contributed by atoms with Gasteiger partial charge >= 0.3 is 12.2 Å². The zero-order chi connectivity index (χ0) is 23.6. The molecular formula is C21H17ClF3N5O2S. The van der Waals surface area contributed by atoms with Gasteiger partial charge in [-0.3, -0.25) is 10.1 Å². The first-order chi connectivity index (χ1) is 15.7. The minimum Gasteiger partial charge on any atom is -0.312 e. The van der Waals surface area contributed by atoms with E-state index in [0.717, 1.165) is 23.0 Å². The number of halogens is 4. The third-order valence-corrected chi connectivity index (χ3v) is 6.18. The van der Waals surface area contributed by atoms with E-state index in [9.17, 15) is 22.8 Å². The number of nitrogens with zero attached hydrogens (tertiary/aromatic N) is 3. The Labute approximate surface area is 195 Å². The number of urea groups is 1. The van der Waals surface area contributed by atoms with Crippen molar-refractivity contribution < 1.29 is 22.8 Å². The highest BCUT2D eigenvalue weighted by atomic mass is 35.5. The molecule has 33 heavy (non-hydrogen) atoms. The number of carbonyl (C=O) groups is 2. The molecule has 0 saturated carbocycles. The van der Waals surface area contributed by atoms with E-state index in [1.165, 1.54) is 23.1 Å². The second kappa shape index (κ2) is 9.36. The first kappa shape index (κ1) is 23.0. The lowest BCUT2D eigenvalue weighted by atomic mass is 10.1. The molecule has 1 unspecified atom stereocenters. The fourth-order valence-corrected chi connectivity index (χ4v) is 4.36. The maximum absolute atomic E-state index is 13.2. The molecule has 0 aliphatic carbocycles. The minimum atomic E-state index is -4.62. The first-order valence-electron chi connectivity index (χ1n) is 9.86. The molecule has 1 atom stereocenters. The van der Waals surface area contributed by atoms with Crippen LogP contribution in [0.1, 0.15) is 18.4 Å². The number of anilines is 2. The van der Waals surface area contributed by atoms with Gasteiger partial charge in [-0.25, -0.2) is 4.79 Å². The zero-order valence-corrected chi connectivity index (χ0v) is 18.5. The van der Waals surface area contributed by atoms with Crippen molar-refractivity contribution in [1.29, 1.82) is 0 Å². The van der Waals surface area contributed by atoms with Crippen molar-refractivity contribution in [3.8, 4) is 10.6 Å². The Bertz CT molecular complexity index is 1170. The van der Waals surface area contributed by atoms with E-state index < -0.39 is 29.7 Å². The third kappa shape index (κ3) is 5.25. The van der Waals surface area contributed by atoms with Crippen molar-refractivity contribution in [3.05, 3.63) is 59.1 Å². The van der Waals surface area contributed by atoms with Crippen LogP contribution in [0.15, 0.2) is 48.5 Å². The molecule has 4 rings (SSSR count). The summed E-state index contributed by atoms with van der Waals surface area (Å²) >= 11 is 7.04. The average molecular weight is 496 g/mol. The van der Waals surface area contributed by atoms with Crippen LogP contribution in [0.4, 0.5) is 28.8 Å². The topological polar surface area (TPSA) is 87.2 Å². The Kier molecular flexibility index (Phi) is 6.52. The lowest BCUT2D eigenvalue weighted by Gasteiger charge is -2.24. The van der Waals surface area contributed by atoms with Crippen LogP contribution in [-0.4, -0.2) is 39.6 Å². The molecule has 0 radical (unpaired) electrons. The van der Waals surface area contributed by atoms with E-state index >= 15 is 0 Å². The van der Waals surface area contributed by atoms with Crippen LogP contribution in [0.25, 0.3) is 10.6 Å². The molecule has 7 nitrogen and oxygen atoms in total. The smallest absolute Gasteiger partial charge is 0.312 e. The fourth-order valence-electron chi connectivity index (χ4n) is 3.48. The SMILES string of the molecule is O=C(Nc1nnc(-c2ccc(Cl)cc2)s1)C1CCCN1C(=O)Nc1ccccc1C(F)(F)F. The summed E-state index contributed by atoms with van der Waals surface area (Å²) in [6.45, 7) is 0.240. The molecule has 3 aromatic rings. The largest absolute Gasteiger partial charge is 0.418 e. The van der Waals surface area contributed by atoms with Crippen LogP contribution < -0.4 is 10.6 Å². The molecule has 1 saturated heterocycles. The van der Waals surface area contributed by atoms with Gasteiger partial charge in [0.05, 0.1) is 11.3 Å². The summed E-state index contributed by atoms with van der Waals surface area (Å²) in [5.74, 6) is -0.481. The Balaban J connectivity index is 1.44. The molecule has 1 aliphatic heterocycles. The molecule has 3 amide bonds. The highest BCUT2D eigenvalue weighted by Crippen LogP contribution is 2.35. The summed E-state index contributed by atoms with van der Waals surface area (Å²) in [5, 5.41) is 14.4. The maximum atomic E-state index is 13.2. The lowest BCUT2D eigenvalue weighted by Crippen LogP contribution is -2.45. The molecule has 0 bridgehead atoms. The molecule has 0 spiro atoms. The van der Waals surface area contributed by atoms with Gasteiger partial charge in [0.1, 0.15) is 11.0 Å². The number of carbonyl (C=O) groups excluding carboxylic acids is 2. The second-order valence-electron chi connectivity index (χ2n) is 7.23. The fraction of sp³-hybridized carbons (Fsp3) is 0.238. The third-order valence-electron chi connectivity index (χ3n) is 5.04. The molecule has 2 N–H and O–H groups in total. The van der Waals surface area contributed by atoms with Gasteiger partial charge in [-0.05, 0) is 37.1 Å². The number of alkyl halides is 3. The normalized spacial score (nSPS) is 16.0. The standard InChI is InChI=1S/C21H17ClF3N5O2S/c22-13-9-7-12(8-10-13)18-28-29-19(33-18)27-17(31)16-6-3-11-30(16)20(32)26-15-5-2-1-4-14(15)21(23,24)25/h1-2,4-5,7-10,16H,3,6,11H2,(H,26,32)(H,27,29,31). The Morgan fingerprint density at radius 2 is 1.79 bits per heavy atom. The van der Waals surface area contributed by atoms with Gasteiger partial charge in [-0.15, -0.1) is 10.2 Å². The molecular weight excluding hydrogens is 479 g/mol. The van der Waals surface area contributed by atoms with Gasteiger partial charge in [0, 0.05) is 17.1 Å². The lowest BCUT2D eigenvalue weighted by molar-refractivity contribution is -0.137. The van der Waals surface area contributed by atoms with Crippen molar-refractivity contribution in [3.63, 3.8) is 0 Å². The second-order valence-corrected chi connectivity index (χ2v) is 8.65. The predicted octanol–water partition coefficient (Wildman–Crippen LogP) is 5.51. The Morgan fingerprint density at radius 3 is 2.52 bits per heavy atom. The van der Waals surface area contributed by atoms with Crippen molar-refractivity contribution >= 4 is 45.7 Å². The predicted molar refractivity (Wildman–Crippen MR) is 119 cm³/mol. The number of aromatic nitrogens is 2. The summed E-state index contributed by atoms with van der Waals surface area (Å²) in [6.07, 6.45) is -3.70. The van der Waals surface area contributed by atoms with Gasteiger partial charge in [0.15, 0.2) is 0 Å². The maximum Gasteiger partial charge on any atom is 0.418 e. The molecule has 12 heteroatoms. The molecule has 2 aromatic carbocycles. The Morgan fingerprint density at radius 1 is 1.06 bits per heavy atom.